The maximum Gasteiger partial charge on any atom is 0.272 e. The normalized spacial score (nSPS) is 14.1. The highest BCUT2D eigenvalue weighted by Crippen LogP contribution is 2.20. The van der Waals surface area contributed by atoms with E-state index in [4.69, 9.17) is 11.6 Å². The molecule has 2 heterocycles. The minimum Gasteiger partial charge on any atom is -0.333 e. The number of aromatic nitrogens is 1. The van der Waals surface area contributed by atoms with Gasteiger partial charge in [-0.1, -0.05) is 41.9 Å². The number of nitrogens with zero attached hydrogens (tertiary/aromatic N) is 2. The number of pyridine rings is 1. The summed E-state index contributed by atoms with van der Waals surface area (Å²) in [4.78, 5) is 18.3. The summed E-state index contributed by atoms with van der Waals surface area (Å²) in [6.07, 6.45) is 0.891. The fraction of sp³-hybridized carbons (Fsp3) is 0.200. The number of fused-ring (bicyclic) bond motifs is 1. The molecule has 2 aromatic rings. The van der Waals surface area contributed by atoms with Crippen molar-refractivity contribution < 1.29 is 4.79 Å². The van der Waals surface area contributed by atoms with Crippen molar-refractivity contribution >= 4 is 17.5 Å². The van der Waals surface area contributed by atoms with Gasteiger partial charge in [0.05, 0.1) is 0 Å². The third-order valence-electron chi connectivity index (χ3n) is 3.35. The number of carbonyl (C=O) groups excluding carboxylic acids is 1. The smallest absolute Gasteiger partial charge is 0.272 e. The lowest BCUT2D eigenvalue weighted by molar-refractivity contribution is 0.0729. The highest BCUT2D eigenvalue weighted by atomic mass is 35.5. The molecule has 1 aromatic carbocycles. The summed E-state index contributed by atoms with van der Waals surface area (Å²) >= 11 is 5.83. The molecule has 96 valence electrons. The van der Waals surface area contributed by atoms with Crippen molar-refractivity contribution in [2.45, 2.75) is 13.0 Å². The molecule has 0 atom stereocenters. The van der Waals surface area contributed by atoms with Crippen LogP contribution in [0.25, 0.3) is 0 Å². The summed E-state index contributed by atoms with van der Waals surface area (Å²) in [5.74, 6) is -0.0583. The van der Waals surface area contributed by atoms with E-state index in [1.54, 1.807) is 18.2 Å². The van der Waals surface area contributed by atoms with E-state index in [0.717, 1.165) is 13.0 Å². The lowest BCUT2D eigenvalue weighted by Gasteiger charge is -2.28. The topological polar surface area (TPSA) is 33.2 Å². The summed E-state index contributed by atoms with van der Waals surface area (Å²) < 4.78 is 0. The van der Waals surface area contributed by atoms with Crippen molar-refractivity contribution in [3.8, 4) is 0 Å². The van der Waals surface area contributed by atoms with Gasteiger partial charge in [0.1, 0.15) is 10.8 Å². The van der Waals surface area contributed by atoms with Gasteiger partial charge in [0, 0.05) is 13.1 Å². The van der Waals surface area contributed by atoms with Crippen molar-refractivity contribution in [2.24, 2.45) is 0 Å². The van der Waals surface area contributed by atoms with E-state index in [2.05, 4.69) is 17.1 Å². The summed E-state index contributed by atoms with van der Waals surface area (Å²) in [5.41, 5.74) is 2.95. The van der Waals surface area contributed by atoms with E-state index in [0.29, 0.717) is 17.4 Å². The predicted molar refractivity (Wildman–Crippen MR) is 74.1 cm³/mol. The Hall–Kier alpha value is -1.87. The fourth-order valence-corrected chi connectivity index (χ4v) is 2.52. The van der Waals surface area contributed by atoms with Crippen molar-refractivity contribution in [1.29, 1.82) is 0 Å². The molecule has 0 radical (unpaired) electrons. The lowest BCUT2D eigenvalue weighted by atomic mass is 10.00. The molecule has 1 aliphatic rings. The molecule has 19 heavy (non-hydrogen) atoms. The van der Waals surface area contributed by atoms with Gasteiger partial charge in [-0.2, -0.15) is 0 Å². The zero-order chi connectivity index (χ0) is 13.2. The molecule has 4 heteroatoms. The number of hydrogen-bond acceptors (Lipinski definition) is 2. The van der Waals surface area contributed by atoms with Crippen LogP contribution < -0.4 is 0 Å². The largest absolute Gasteiger partial charge is 0.333 e. The number of rotatable bonds is 1. The molecule has 1 aromatic heterocycles. The Labute approximate surface area is 116 Å². The summed E-state index contributed by atoms with van der Waals surface area (Å²) in [7, 11) is 0. The average Bonchev–Trinajstić information content (AvgIpc) is 2.46. The van der Waals surface area contributed by atoms with Gasteiger partial charge in [-0.15, -0.1) is 0 Å². The van der Waals surface area contributed by atoms with Gasteiger partial charge in [-0.05, 0) is 29.7 Å². The van der Waals surface area contributed by atoms with Crippen LogP contribution in [0.2, 0.25) is 5.15 Å². The minimum atomic E-state index is -0.0583. The molecular formula is C15H13ClN2O. The Morgan fingerprint density at radius 2 is 1.89 bits per heavy atom. The van der Waals surface area contributed by atoms with E-state index in [-0.39, 0.29) is 5.91 Å². The van der Waals surface area contributed by atoms with Crippen molar-refractivity contribution in [2.75, 3.05) is 6.54 Å². The molecule has 0 unspecified atom stereocenters. The lowest BCUT2D eigenvalue weighted by Crippen LogP contribution is -2.36. The van der Waals surface area contributed by atoms with Crippen LogP contribution in [-0.4, -0.2) is 22.3 Å². The second-order valence-corrected chi connectivity index (χ2v) is 4.98. The van der Waals surface area contributed by atoms with Crippen LogP contribution in [0.15, 0.2) is 42.5 Å². The maximum atomic E-state index is 12.4. The summed E-state index contributed by atoms with van der Waals surface area (Å²) in [6, 6.07) is 13.4. The Morgan fingerprint density at radius 3 is 2.68 bits per heavy atom. The first-order valence-electron chi connectivity index (χ1n) is 6.22. The molecule has 0 saturated carbocycles. The number of benzene rings is 1. The molecule has 0 spiro atoms. The predicted octanol–water partition coefficient (Wildman–Crippen LogP) is 2.93. The SMILES string of the molecule is O=C(c1cccc(Cl)n1)N1CCc2ccccc2C1. The molecule has 3 rings (SSSR count). The molecule has 1 aliphatic heterocycles. The second-order valence-electron chi connectivity index (χ2n) is 4.59. The Morgan fingerprint density at radius 1 is 1.11 bits per heavy atom. The number of hydrogen-bond donors (Lipinski definition) is 0. The Kier molecular flexibility index (Phi) is 3.22. The zero-order valence-corrected chi connectivity index (χ0v) is 11.1. The number of carbonyl (C=O) groups is 1. The van der Waals surface area contributed by atoms with Crippen LogP contribution in [-0.2, 0) is 13.0 Å². The van der Waals surface area contributed by atoms with Gasteiger partial charge in [0.2, 0.25) is 0 Å². The molecule has 0 fully saturated rings. The first-order valence-corrected chi connectivity index (χ1v) is 6.60. The van der Waals surface area contributed by atoms with Crippen LogP contribution in [0.1, 0.15) is 21.6 Å². The van der Waals surface area contributed by atoms with Crippen LogP contribution in [0, 0.1) is 0 Å². The van der Waals surface area contributed by atoms with E-state index in [1.165, 1.54) is 11.1 Å². The van der Waals surface area contributed by atoms with E-state index < -0.39 is 0 Å². The minimum absolute atomic E-state index is 0.0583. The molecule has 1 amide bonds. The maximum absolute atomic E-state index is 12.4. The number of halogens is 1. The zero-order valence-electron chi connectivity index (χ0n) is 10.3. The average molecular weight is 273 g/mol. The Bertz CT molecular complexity index is 627. The van der Waals surface area contributed by atoms with Gasteiger partial charge in [0.25, 0.3) is 5.91 Å². The first-order chi connectivity index (χ1) is 9.24. The molecule has 3 nitrogen and oxygen atoms in total. The molecular weight excluding hydrogens is 260 g/mol. The molecule has 0 N–H and O–H groups in total. The van der Waals surface area contributed by atoms with Crippen molar-refractivity contribution in [1.82, 2.24) is 9.88 Å². The Balaban J connectivity index is 1.83. The molecule has 0 bridgehead atoms. The third kappa shape index (κ3) is 2.47. The highest BCUT2D eigenvalue weighted by Gasteiger charge is 2.22. The van der Waals surface area contributed by atoms with E-state index in [1.807, 2.05) is 17.0 Å². The first kappa shape index (κ1) is 12.2. The number of amides is 1. The van der Waals surface area contributed by atoms with Gasteiger partial charge >= 0.3 is 0 Å². The van der Waals surface area contributed by atoms with Crippen LogP contribution in [0.4, 0.5) is 0 Å². The van der Waals surface area contributed by atoms with E-state index >= 15 is 0 Å². The van der Waals surface area contributed by atoms with Crippen LogP contribution in [0.3, 0.4) is 0 Å². The standard InChI is InChI=1S/C15H13ClN2O/c16-14-7-3-6-13(17-14)15(19)18-9-8-11-4-1-2-5-12(11)10-18/h1-7H,8-10H2. The van der Waals surface area contributed by atoms with Gasteiger partial charge in [-0.25, -0.2) is 4.98 Å². The third-order valence-corrected chi connectivity index (χ3v) is 3.56. The van der Waals surface area contributed by atoms with Crippen molar-refractivity contribution in [3.05, 3.63) is 64.4 Å². The van der Waals surface area contributed by atoms with Crippen LogP contribution in [0.5, 0.6) is 0 Å². The highest BCUT2D eigenvalue weighted by molar-refractivity contribution is 6.29. The fourth-order valence-electron chi connectivity index (χ4n) is 2.36. The van der Waals surface area contributed by atoms with Gasteiger partial charge < -0.3 is 4.90 Å². The summed E-state index contributed by atoms with van der Waals surface area (Å²) in [5, 5.41) is 0.350. The summed E-state index contributed by atoms with van der Waals surface area (Å²) in [6.45, 7) is 1.37. The van der Waals surface area contributed by atoms with E-state index in [9.17, 15) is 4.79 Å². The monoisotopic (exact) mass is 272 g/mol. The van der Waals surface area contributed by atoms with Gasteiger partial charge in [0.15, 0.2) is 0 Å². The van der Waals surface area contributed by atoms with Gasteiger partial charge in [-0.3, -0.25) is 4.79 Å². The molecule has 0 saturated heterocycles. The molecule has 0 aliphatic carbocycles. The van der Waals surface area contributed by atoms with Crippen LogP contribution >= 0.6 is 11.6 Å². The quantitative estimate of drug-likeness (QED) is 0.748. The second kappa shape index (κ2) is 5.02. The van der Waals surface area contributed by atoms with Crippen molar-refractivity contribution in [3.63, 3.8) is 0 Å².